The average molecular weight is 252 g/mol. The summed E-state index contributed by atoms with van der Waals surface area (Å²) in [6.45, 7) is 4.08. The Hall–Kier alpha value is -1.89. The second kappa shape index (κ2) is 4.77. The molecule has 1 fully saturated rings. The van der Waals surface area contributed by atoms with Crippen molar-refractivity contribution in [2.75, 3.05) is 19.6 Å². The average Bonchev–Trinajstić information content (AvgIpc) is 2.64. The molecule has 1 saturated heterocycles. The highest BCUT2D eigenvalue weighted by molar-refractivity contribution is 5.93. The van der Waals surface area contributed by atoms with E-state index >= 15 is 0 Å². The van der Waals surface area contributed by atoms with Crippen molar-refractivity contribution in [1.82, 2.24) is 14.8 Å². The maximum atomic E-state index is 12.3. The molecular weight excluding hydrogens is 236 g/mol. The Labute approximate surface area is 105 Å². The molecule has 1 aromatic rings. The standard InChI is InChI=1S/C11H16N4O3/c1-3-14(9-5-12-6-9)11(16)10-4-8(15(17)18)7-13(10)2/h4,7,9,12H,3,5-6H2,1-2H3. The molecule has 0 aliphatic carbocycles. The minimum atomic E-state index is -0.488. The lowest BCUT2D eigenvalue weighted by molar-refractivity contribution is -0.384. The number of likely N-dealkylation sites (N-methyl/N-ethyl adjacent to an activating group) is 1. The summed E-state index contributed by atoms with van der Waals surface area (Å²) in [5, 5.41) is 13.8. The number of hydrogen-bond acceptors (Lipinski definition) is 4. The molecule has 0 aromatic carbocycles. The van der Waals surface area contributed by atoms with Gasteiger partial charge in [-0.2, -0.15) is 0 Å². The Morgan fingerprint density at radius 2 is 2.33 bits per heavy atom. The minimum absolute atomic E-state index is 0.0522. The van der Waals surface area contributed by atoms with Gasteiger partial charge < -0.3 is 14.8 Å². The van der Waals surface area contributed by atoms with Gasteiger partial charge in [0.25, 0.3) is 11.6 Å². The molecule has 1 aliphatic heterocycles. The summed E-state index contributed by atoms with van der Waals surface area (Å²) < 4.78 is 1.51. The van der Waals surface area contributed by atoms with E-state index in [0.29, 0.717) is 12.2 Å². The van der Waals surface area contributed by atoms with E-state index in [4.69, 9.17) is 0 Å². The van der Waals surface area contributed by atoms with Gasteiger partial charge in [0.05, 0.1) is 17.2 Å². The summed E-state index contributed by atoms with van der Waals surface area (Å²) >= 11 is 0. The Morgan fingerprint density at radius 3 is 2.72 bits per heavy atom. The van der Waals surface area contributed by atoms with E-state index in [-0.39, 0.29) is 17.6 Å². The summed E-state index contributed by atoms with van der Waals surface area (Å²) in [7, 11) is 1.65. The van der Waals surface area contributed by atoms with Gasteiger partial charge in [-0.1, -0.05) is 0 Å². The summed E-state index contributed by atoms with van der Waals surface area (Å²) in [5.41, 5.74) is 0.305. The fourth-order valence-corrected chi connectivity index (χ4v) is 2.07. The molecule has 0 unspecified atom stereocenters. The highest BCUT2D eigenvalue weighted by Crippen LogP contribution is 2.18. The van der Waals surface area contributed by atoms with Gasteiger partial charge in [0.1, 0.15) is 5.69 Å². The first kappa shape index (κ1) is 12.6. The van der Waals surface area contributed by atoms with Gasteiger partial charge in [0.2, 0.25) is 0 Å². The number of rotatable bonds is 4. The van der Waals surface area contributed by atoms with Crippen LogP contribution in [-0.4, -0.2) is 46.0 Å². The number of amides is 1. The minimum Gasteiger partial charge on any atom is -0.340 e. The summed E-state index contributed by atoms with van der Waals surface area (Å²) in [5.74, 6) is -0.153. The molecule has 0 saturated carbocycles. The van der Waals surface area contributed by atoms with Crippen molar-refractivity contribution in [3.63, 3.8) is 0 Å². The van der Waals surface area contributed by atoms with E-state index in [1.807, 2.05) is 6.92 Å². The molecule has 1 amide bonds. The fraction of sp³-hybridized carbons (Fsp3) is 0.545. The van der Waals surface area contributed by atoms with Crippen LogP contribution in [0.3, 0.4) is 0 Å². The van der Waals surface area contributed by atoms with E-state index in [1.54, 1.807) is 11.9 Å². The molecule has 0 radical (unpaired) electrons. The quantitative estimate of drug-likeness (QED) is 0.620. The Morgan fingerprint density at radius 1 is 1.67 bits per heavy atom. The SMILES string of the molecule is CCN(C(=O)c1cc([N+](=O)[O-])cn1C)C1CNC1. The van der Waals surface area contributed by atoms with Crippen LogP contribution < -0.4 is 5.32 Å². The number of nitrogens with zero attached hydrogens (tertiary/aromatic N) is 3. The van der Waals surface area contributed by atoms with Crippen LogP contribution >= 0.6 is 0 Å². The smallest absolute Gasteiger partial charge is 0.287 e. The molecule has 1 aliphatic rings. The maximum Gasteiger partial charge on any atom is 0.287 e. The van der Waals surface area contributed by atoms with Crippen LogP contribution in [0, 0.1) is 10.1 Å². The zero-order valence-corrected chi connectivity index (χ0v) is 10.4. The number of hydrogen-bond donors (Lipinski definition) is 1. The van der Waals surface area contributed by atoms with Gasteiger partial charge in [-0.05, 0) is 6.92 Å². The molecule has 98 valence electrons. The van der Waals surface area contributed by atoms with Crippen molar-refractivity contribution in [3.8, 4) is 0 Å². The zero-order chi connectivity index (χ0) is 13.3. The highest BCUT2D eigenvalue weighted by atomic mass is 16.6. The highest BCUT2D eigenvalue weighted by Gasteiger charge is 2.30. The summed E-state index contributed by atoms with van der Waals surface area (Å²) in [4.78, 5) is 24.3. The number of carbonyl (C=O) groups is 1. The Bertz CT molecular complexity index is 479. The van der Waals surface area contributed by atoms with E-state index in [9.17, 15) is 14.9 Å². The van der Waals surface area contributed by atoms with Crippen LogP contribution in [0.2, 0.25) is 0 Å². The first-order valence-corrected chi connectivity index (χ1v) is 5.87. The van der Waals surface area contributed by atoms with Gasteiger partial charge in [-0.15, -0.1) is 0 Å². The van der Waals surface area contributed by atoms with Crippen molar-refractivity contribution < 1.29 is 9.72 Å². The lowest BCUT2D eigenvalue weighted by Crippen LogP contribution is -2.58. The summed E-state index contributed by atoms with van der Waals surface area (Å²) in [6.07, 6.45) is 1.36. The fourth-order valence-electron chi connectivity index (χ4n) is 2.07. The number of aryl methyl sites for hydroxylation is 1. The predicted molar refractivity (Wildman–Crippen MR) is 65.4 cm³/mol. The molecule has 7 heteroatoms. The van der Waals surface area contributed by atoms with Crippen LogP contribution in [0.15, 0.2) is 12.3 Å². The van der Waals surface area contributed by atoms with Crippen molar-refractivity contribution in [1.29, 1.82) is 0 Å². The maximum absolute atomic E-state index is 12.3. The molecule has 18 heavy (non-hydrogen) atoms. The van der Waals surface area contributed by atoms with Crippen molar-refractivity contribution in [2.24, 2.45) is 7.05 Å². The molecule has 0 atom stereocenters. The zero-order valence-electron chi connectivity index (χ0n) is 10.4. The number of carbonyl (C=O) groups excluding carboxylic acids is 1. The lowest BCUT2D eigenvalue weighted by atomic mass is 10.1. The van der Waals surface area contributed by atoms with Crippen molar-refractivity contribution in [2.45, 2.75) is 13.0 Å². The monoisotopic (exact) mass is 252 g/mol. The van der Waals surface area contributed by atoms with E-state index in [0.717, 1.165) is 13.1 Å². The van der Waals surface area contributed by atoms with E-state index in [1.165, 1.54) is 16.8 Å². The van der Waals surface area contributed by atoms with Gasteiger partial charge >= 0.3 is 0 Å². The van der Waals surface area contributed by atoms with Crippen LogP contribution in [0.1, 0.15) is 17.4 Å². The second-order valence-electron chi connectivity index (χ2n) is 4.35. The molecule has 0 spiro atoms. The van der Waals surface area contributed by atoms with Crippen molar-refractivity contribution in [3.05, 3.63) is 28.1 Å². The van der Waals surface area contributed by atoms with Gasteiger partial charge in [0, 0.05) is 32.7 Å². The van der Waals surface area contributed by atoms with Gasteiger partial charge in [0.15, 0.2) is 0 Å². The van der Waals surface area contributed by atoms with Crippen LogP contribution in [0.4, 0.5) is 5.69 Å². The normalized spacial score (nSPS) is 15.2. The molecule has 7 nitrogen and oxygen atoms in total. The lowest BCUT2D eigenvalue weighted by Gasteiger charge is -2.37. The van der Waals surface area contributed by atoms with Crippen LogP contribution in [0.25, 0.3) is 0 Å². The number of nitro groups is 1. The Kier molecular flexibility index (Phi) is 3.33. The van der Waals surface area contributed by atoms with Crippen LogP contribution in [-0.2, 0) is 7.05 Å². The van der Waals surface area contributed by atoms with Gasteiger partial charge in [-0.3, -0.25) is 14.9 Å². The third-order valence-electron chi connectivity index (χ3n) is 3.22. The molecule has 2 rings (SSSR count). The summed E-state index contributed by atoms with van der Waals surface area (Å²) in [6, 6.07) is 1.52. The topological polar surface area (TPSA) is 80.4 Å². The van der Waals surface area contributed by atoms with Crippen molar-refractivity contribution >= 4 is 11.6 Å². The van der Waals surface area contributed by atoms with Crippen LogP contribution in [0.5, 0.6) is 0 Å². The second-order valence-corrected chi connectivity index (χ2v) is 4.35. The number of aromatic nitrogens is 1. The molecule has 2 heterocycles. The molecule has 1 aromatic heterocycles. The molecule has 1 N–H and O–H groups in total. The largest absolute Gasteiger partial charge is 0.340 e. The van der Waals surface area contributed by atoms with E-state index in [2.05, 4.69) is 5.32 Å². The predicted octanol–water partition coefficient (Wildman–Crippen LogP) is 0.367. The third kappa shape index (κ3) is 2.08. The first-order chi connectivity index (χ1) is 8.54. The van der Waals surface area contributed by atoms with Gasteiger partial charge in [-0.25, -0.2) is 0 Å². The Balaban J connectivity index is 2.23. The molecular formula is C11H16N4O3. The molecule has 0 bridgehead atoms. The number of nitrogens with one attached hydrogen (secondary N) is 1. The third-order valence-corrected chi connectivity index (χ3v) is 3.22. The van der Waals surface area contributed by atoms with E-state index < -0.39 is 4.92 Å². The first-order valence-electron chi connectivity index (χ1n) is 5.87.